The Kier molecular flexibility index (Phi) is 4.78. The summed E-state index contributed by atoms with van der Waals surface area (Å²) in [5.74, 6) is 0.217. The molecule has 1 unspecified atom stereocenters. The Hall–Kier alpha value is -0.800. The number of nitrogen functional groups attached to an aromatic ring is 1. The lowest BCUT2D eigenvalue weighted by Crippen LogP contribution is -2.15. The Morgan fingerprint density at radius 2 is 2.06 bits per heavy atom. The number of hydrogen-bond donors (Lipinski definition) is 4. The molecule has 0 aliphatic heterocycles. The van der Waals surface area contributed by atoms with Crippen LogP contribution in [0.5, 0.6) is 0 Å². The van der Waals surface area contributed by atoms with Crippen LogP contribution in [0.4, 0.5) is 5.69 Å². The van der Waals surface area contributed by atoms with E-state index < -0.39 is 16.1 Å². The molecule has 0 aromatic heterocycles. The average Bonchev–Trinajstić information content (AvgIpc) is 2.26. The van der Waals surface area contributed by atoms with Crippen molar-refractivity contribution < 1.29 is 18.6 Å². The minimum Gasteiger partial charge on any atom is -0.398 e. The molecular formula is C9H14N2O4S2. The number of aliphatic hydroxyl groups is 2. The summed E-state index contributed by atoms with van der Waals surface area (Å²) in [6.07, 6.45) is -0.877. The zero-order valence-electron chi connectivity index (χ0n) is 8.91. The molecule has 1 rings (SSSR count). The van der Waals surface area contributed by atoms with Crippen molar-refractivity contribution in [3.05, 3.63) is 18.2 Å². The SMILES string of the molecule is Nc1ccc(S(N)(=O)=O)cc1SCC(O)CO. The Bertz CT molecular complexity index is 490. The molecule has 0 spiro atoms. The van der Waals surface area contributed by atoms with Crippen molar-refractivity contribution in [1.29, 1.82) is 0 Å². The van der Waals surface area contributed by atoms with Crippen LogP contribution >= 0.6 is 11.8 Å². The number of primary sulfonamides is 1. The van der Waals surface area contributed by atoms with Gasteiger partial charge in [0.05, 0.1) is 17.6 Å². The first-order valence-electron chi connectivity index (χ1n) is 4.68. The van der Waals surface area contributed by atoms with E-state index in [0.29, 0.717) is 10.6 Å². The Morgan fingerprint density at radius 1 is 1.41 bits per heavy atom. The van der Waals surface area contributed by atoms with Crippen molar-refractivity contribution in [3.63, 3.8) is 0 Å². The van der Waals surface area contributed by atoms with Gasteiger partial charge in [0.2, 0.25) is 10.0 Å². The molecule has 1 aromatic carbocycles. The Morgan fingerprint density at radius 3 is 2.59 bits per heavy atom. The van der Waals surface area contributed by atoms with E-state index in [1.807, 2.05) is 0 Å². The van der Waals surface area contributed by atoms with Gasteiger partial charge < -0.3 is 15.9 Å². The topological polar surface area (TPSA) is 127 Å². The number of sulfonamides is 1. The van der Waals surface area contributed by atoms with E-state index in [1.54, 1.807) is 0 Å². The van der Waals surface area contributed by atoms with Gasteiger partial charge >= 0.3 is 0 Å². The molecule has 0 amide bonds. The highest BCUT2D eigenvalue weighted by atomic mass is 32.2. The fraction of sp³-hybridized carbons (Fsp3) is 0.333. The van der Waals surface area contributed by atoms with Crippen LogP contribution in [-0.4, -0.2) is 37.1 Å². The van der Waals surface area contributed by atoms with Gasteiger partial charge in [-0.2, -0.15) is 0 Å². The molecule has 6 nitrogen and oxygen atoms in total. The highest BCUT2D eigenvalue weighted by Crippen LogP contribution is 2.27. The van der Waals surface area contributed by atoms with Crippen molar-refractivity contribution in [2.24, 2.45) is 5.14 Å². The van der Waals surface area contributed by atoms with E-state index >= 15 is 0 Å². The van der Waals surface area contributed by atoms with Gasteiger partial charge in [-0.05, 0) is 18.2 Å². The highest BCUT2D eigenvalue weighted by Gasteiger charge is 2.12. The molecule has 96 valence electrons. The van der Waals surface area contributed by atoms with Gasteiger partial charge in [0.25, 0.3) is 0 Å². The largest absolute Gasteiger partial charge is 0.398 e. The van der Waals surface area contributed by atoms with Crippen molar-refractivity contribution in [1.82, 2.24) is 0 Å². The van der Waals surface area contributed by atoms with Crippen molar-refractivity contribution in [2.75, 3.05) is 18.1 Å². The van der Waals surface area contributed by atoms with Crippen molar-refractivity contribution in [2.45, 2.75) is 15.9 Å². The van der Waals surface area contributed by atoms with Gasteiger partial charge in [-0.15, -0.1) is 11.8 Å². The molecule has 17 heavy (non-hydrogen) atoms. The average molecular weight is 278 g/mol. The van der Waals surface area contributed by atoms with E-state index in [0.717, 1.165) is 11.8 Å². The molecule has 0 fully saturated rings. The van der Waals surface area contributed by atoms with Crippen LogP contribution in [0.3, 0.4) is 0 Å². The first-order chi connectivity index (χ1) is 7.84. The second kappa shape index (κ2) is 5.69. The minimum absolute atomic E-state index is 0.0345. The van der Waals surface area contributed by atoms with Crippen LogP contribution in [0.1, 0.15) is 0 Å². The number of benzene rings is 1. The maximum Gasteiger partial charge on any atom is 0.238 e. The van der Waals surface area contributed by atoms with E-state index in [-0.39, 0.29) is 17.3 Å². The smallest absolute Gasteiger partial charge is 0.238 e. The van der Waals surface area contributed by atoms with Crippen LogP contribution in [0, 0.1) is 0 Å². The van der Waals surface area contributed by atoms with Crippen LogP contribution in [0.15, 0.2) is 28.0 Å². The standard InChI is InChI=1S/C9H14N2O4S2/c10-8-2-1-7(17(11,14)15)3-9(8)16-5-6(13)4-12/h1-3,6,12-13H,4-5,10H2,(H2,11,14,15). The summed E-state index contributed by atoms with van der Waals surface area (Å²) in [6, 6.07) is 4.10. The van der Waals surface area contributed by atoms with Gasteiger partial charge in [-0.25, -0.2) is 13.6 Å². The quantitative estimate of drug-likeness (QED) is 0.419. The monoisotopic (exact) mass is 278 g/mol. The van der Waals surface area contributed by atoms with E-state index in [1.165, 1.54) is 18.2 Å². The third-order valence-corrected chi connectivity index (χ3v) is 4.08. The van der Waals surface area contributed by atoms with Gasteiger partial charge in [0.15, 0.2) is 0 Å². The molecule has 0 bridgehead atoms. The van der Waals surface area contributed by atoms with E-state index in [2.05, 4.69) is 0 Å². The minimum atomic E-state index is -3.77. The maximum absolute atomic E-state index is 11.1. The summed E-state index contributed by atoms with van der Waals surface area (Å²) in [4.78, 5) is 0.469. The number of thioether (sulfide) groups is 1. The molecule has 0 aliphatic rings. The Balaban J connectivity index is 2.92. The molecule has 1 atom stereocenters. The lowest BCUT2D eigenvalue weighted by Gasteiger charge is -2.09. The van der Waals surface area contributed by atoms with Crippen molar-refractivity contribution >= 4 is 27.5 Å². The molecule has 0 aliphatic carbocycles. The lowest BCUT2D eigenvalue weighted by atomic mass is 10.3. The highest BCUT2D eigenvalue weighted by molar-refractivity contribution is 7.99. The zero-order valence-corrected chi connectivity index (χ0v) is 10.5. The lowest BCUT2D eigenvalue weighted by molar-refractivity contribution is 0.113. The fourth-order valence-electron chi connectivity index (χ4n) is 1.06. The molecule has 0 saturated carbocycles. The summed E-state index contributed by atoms with van der Waals surface area (Å²) in [5, 5.41) is 22.8. The van der Waals surface area contributed by atoms with Crippen LogP contribution in [0.25, 0.3) is 0 Å². The van der Waals surface area contributed by atoms with Gasteiger partial charge in [0, 0.05) is 16.3 Å². The van der Waals surface area contributed by atoms with Crippen molar-refractivity contribution in [3.8, 4) is 0 Å². The molecule has 0 heterocycles. The van der Waals surface area contributed by atoms with Gasteiger partial charge in [-0.1, -0.05) is 0 Å². The fourth-order valence-corrected chi connectivity index (χ4v) is 2.59. The van der Waals surface area contributed by atoms with Crippen LogP contribution < -0.4 is 10.9 Å². The number of nitrogens with two attached hydrogens (primary N) is 2. The first kappa shape index (κ1) is 14.3. The van der Waals surface area contributed by atoms with Crippen LogP contribution in [-0.2, 0) is 10.0 Å². The summed E-state index contributed by atoms with van der Waals surface area (Å²) < 4.78 is 22.3. The predicted molar refractivity (Wildman–Crippen MR) is 66.0 cm³/mol. The van der Waals surface area contributed by atoms with Gasteiger partial charge in [-0.3, -0.25) is 0 Å². The van der Waals surface area contributed by atoms with E-state index in [9.17, 15) is 13.5 Å². The van der Waals surface area contributed by atoms with E-state index in [4.69, 9.17) is 16.0 Å². The molecular weight excluding hydrogens is 264 g/mol. The summed E-state index contributed by atoms with van der Waals surface area (Å²) >= 11 is 1.15. The predicted octanol–water partition coefficient (Wildman–Crippen LogP) is -0.639. The molecule has 0 radical (unpaired) electrons. The second-order valence-corrected chi connectivity index (χ2v) is 6.02. The second-order valence-electron chi connectivity index (χ2n) is 3.39. The number of aliphatic hydroxyl groups excluding tert-OH is 2. The Labute approximate surface area is 104 Å². The van der Waals surface area contributed by atoms with Crippen LogP contribution in [0.2, 0.25) is 0 Å². The molecule has 0 saturated heterocycles. The maximum atomic E-state index is 11.1. The first-order valence-corrected chi connectivity index (χ1v) is 7.22. The summed E-state index contributed by atoms with van der Waals surface area (Å²) in [6.45, 7) is -0.359. The number of hydrogen-bond acceptors (Lipinski definition) is 6. The number of anilines is 1. The number of rotatable bonds is 5. The van der Waals surface area contributed by atoms with Gasteiger partial charge in [0.1, 0.15) is 0 Å². The molecule has 8 heteroatoms. The third kappa shape index (κ3) is 4.17. The molecule has 6 N–H and O–H groups in total. The zero-order chi connectivity index (χ0) is 13.1. The normalized spacial score (nSPS) is 13.6. The summed E-state index contributed by atoms with van der Waals surface area (Å²) in [7, 11) is -3.77. The summed E-state index contributed by atoms with van der Waals surface area (Å²) in [5.41, 5.74) is 6.06. The molecule has 1 aromatic rings. The third-order valence-electron chi connectivity index (χ3n) is 1.96.